The Morgan fingerprint density at radius 2 is 1.56 bits per heavy atom. The van der Waals surface area contributed by atoms with Gasteiger partial charge in [0.1, 0.15) is 5.84 Å². The summed E-state index contributed by atoms with van der Waals surface area (Å²) < 4.78 is 0. The summed E-state index contributed by atoms with van der Waals surface area (Å²) in [6, 6.07) is 14.1. The molecule has 0 fully saturated rings. The summed E-state index contributed by atoms with van der Waals surface area (Å²) in [4.78, 5) is 13.2. The molecule has 130 valence electrons. The van der Waals surface area contributed by atoms with Gasteiger partial charge in [-0.1, -0.05) is 18.2 Å². The standard InChI is InChI=1S/C20H25N5/c1-13-7-6-8-18(10-13)25-20(22-16(4)21)24-17(5)23-19-11-14(2)9-15(3)12-19/h6-12H,1-5H3,(H3,21,22,23,24,25). The predicted molar refractivity (Wildman–Crippen MR) is 108 cm³/mol. The van der Waals surface area contributed by atoms with Crippen molar-refractivity contribution < 1.29 is 0 Å². The molecule has 0 atom stereocenters. The molecule has 2 aromatic rings. The average Bonchev–Trinajstić information content (AvgIpc) is 2.44. The number of aliphatic imine (C=N–C) groups is 3. The van der Waals surface area contributed by atoms with Crippen LogP contribution in [0.4, 0.5) is 11.4 Å². The average molecular weight is 335 g/mol. The fourth-order valence-corrected chi connectivity index (χ4v) is 2.48. The molecular weight excluding hydrogens is 310 g/mol. The number of hydrogen-bond acceptors (Lipinski definition) is 1. The monoisotopic (exact) mass is 335 g/mol. The Balaban J connectivity index is 2.31. The third-order valence-electron chi connectivity index (χ3n) is 3.32. The van der Waals surface area contributed by atoms with Crippen LogP contribution in [-0.4, -0.2) is 17.6 Å². The van der Waals surface area contributed by atoms with Crippen molar-refractivity contribution in [3.8, 4) is 0 Å². The molecule has 5 heteroatoms. The Labute approximate surface area is 149 Å². The van der Waals surface area contributed by atoms with E-state index in [-0.39, 0.29) is 0 Å². The molecule has 0 saturated carbocycles. The number of nitrogens with zero attached hydrogens (tertiary/aromatic N) is 3. The fraction of sp³-hybridized carbons (Fsp3) is 0.250. The highest BCUT2D eigenvalue weighted by atomic mass is 15.1. The topological polar surface area (TPSA) is 75.1 Å². The number of guanidine groups is 1. The molecule has 0 saturated heterocycles. The summed E-state index contributed by atoms with van der Waals surface area (Å²) in [6.07, 6.45) is 0. The van der Waals surface area contributed by atoms with Gasteiger partial charge in [-0.3, -0.25) is 0 Å². The maximum Gasteiger partial charge on any atom is 0.253 e. The second-order valence-electron chi connectivity index (χ2n) is 6.20. The lowest BCUT2D eigenvalue weighted by molar-refractivity contribution is 1.35. The number of aryl methyl sites for hydroxylation is 3. The van der Waals surface area contributed by atoms with Gasteiger partial charge < -0.3 is 11.1 Å². The van der Waals surface area contributed by atoms with Gasteiger partial charge in [0.05, 0.1) is 11.5 Å². The molecule has 0 radical (unpaired) electrons. The van der Waals surface area contributed by atoms with E-state index >= 15 is 0 Å². The van der Waals surface area contributed by atoms with Crippen LogP contribution in [0.5, 0.6) is 0 Å². The van der Waals surface area contributed by atoms with Crippen molar-refractivity contribution in [2.24, 2.45) is 20.7 Å². The van der Waals surface area contributed by atoms with Crippen molar-refractivity contribution in [3.63, 3.8) is 0 Å². The van der Waals surface area contributed by atoms with Crippen molar-refractivity contribution >= 4 is 29.0 Å². The molecular formula is C20H25N5. The summed E-state index contributed by atoms with van der Waals surface area (Å²) >= 11 is 0. The van der Waals surface area contributed by atoms with E-state index in [0.29, 0.717) is 17.6 Å². The summed E-state index contributed by atoms with van der Waals surface area (Å²) in [7, 11) is 0. The van der Waals surface area contributed by atoms with Crippen molar-refractivity contribution in [2.45, 2.75) is 34.6 Å². The molecule has 0 spiro atoms. The van der Waals surface area contributed by atoms with Crippen LogP contribution in [0.25, 0.3) is 0 Å². The SMILES string of the molecule is CC(N)=NC(=Nc1cccc(C)c1)N=C(C)Nc1cc(C)cc(C)c1. The molecule has 0 heterocycles. The van der Waals surface area contributed by atoms with Crippen LogP contribution in [0.3, 0.4) is 0 Å². The van der Waals surface area contributed by atoms with Crippen LogP contribution in [0.1, 0.15) is 30.5 Å². The predicted octanol–water partition coefficient (Wildman–Crippen LogP) is 4.51. The number of anilines is 1. The van der Waals surface area contributed by atoms with E-state index in [1.165, 1.54) is 11.1 Å². The zero-order chi connectivity index (χ0) is 18.4. The summed E-state index contributed by atoms with van der Waals surface area (Å²) in [6.45, 7) is 9.75. The van der Waals surface area contributed by atoms with E-state index in [1.54, 1.807) is 6.92 Å². The lowest BCUT2D eigenvalue weighted by atomic mass is 10.1. The first-order chi connectivity index (χ1) is 11.8. The maximum absolute atomic E-state index is 5.72. The minimum Gasteiger partial charge on any atom is -0.387 e. The lowest BCUT2D eigenvalue weighted by Crippen LogP contribution is -2.13. The molecule has 0 amide bonds. The van der Waals surface area contributed by atoms with Crippen LogP contribution >= 0.6 is 0 Å². The number of rotatable bonds is 2. The van der Waals surface area contributed by atoms with Gasteiger partial charge in [-0.25, -0.2) is 4.99 Å². The number of hydrogen-bond donors (Lipinski definition) is 2. The summed E-state index contributed by atoms with van der Waals surface area (Å²) in [5, 5.41) is 3.28. The zero-order valence-corrected chi connectivity index (χ0v) is 15.5. The molecule has 2 aromatic carbocycles. The Morgan fingerprint density at radius 1 is 0.880 bits per heavy atom. The highest BCUT2D eigenvalue weighted by molar-refractivity contribution is 6.05. The van der Waals surface area contributed by atoms with Crippen molar-refractivity contribution in [2.75, 3.05) is 5.32 Å². The van der Waals surface area contributed by atoms with Crippen molar-refractivity contribution in [1.82, 2.24) is 0 Å². The molecule has 0 aliphatic carbocycles. The van der Waals surface area contributed by atoms with Crippen LogP contribution in [-0.2, 0) is 0 Å². The van der Waals surface area contributed by atoms with Crippen LogP contribution in [0, 0.1) is 20.8 Å². The van der Waals surface area contributed by atoms with E-state index in [4.69, 9.17) is 5.73 Å². The second-order valence-corrected chi connectivity index (χ2v) is 6.20. The fourth-order valence-electron chi connectivity index (χ4n) is 2.48. The minimum absolute atomic E-state index is 0.319. The van der Waals surface area contributed by atoms with E-state index in [1.807, 2.05) is 38.1 Å². The highest BCUT2D eigenvalue weighted by Gasteiger charge is 2.01. The third-order valence-corrected chi connectivity index (χ3v) is 3.32. The Hall–Kier alpha value is -2.95. The number of amidine groups is 2. The third kappa shape index (κ3) is 6.22. The van der Waals surface area contributed by atoms with Gasteiger partial charge in [-0.05, 0) is 75.6 Å². The van der Waals surface area contributed by atoms with Gasteiger partial charge in [0.2, 0.25) is 0 Å². The first kappa shape index (κ1) is 18.4. The first-order valence-corrected chi connectivity index (χ1v) is 8.18. The Kier molecular flexibility index (Phi) is 6.06. The van der Waals surface area contributed by atoms with E-state index in [0.717, 1.165) is 16.9 Å². The van der Waals surface area contributed by atoms with Gasteiger partial charge in [-0.2, -0.15) is 9.98 Å². The smallest absolute Gasteiger partial charge is 0.253 e. The molecule has 0 aliphatic heterocycles. The van der Waals surface area contributed by atoms with E-state index in [2.05, 4.69) is 52.3 Å². The molecule has 25 heavy (non-hydrogen) atoms. The van der Waals surface area contributed by atoms with Gasteiger partial charge in [0.25, 0.3) is 5.96 Å². The first-order valence-electron chi connectivity index (χ1n) is 8.18. The molecule has 0 bridgehead atoms. The van der Waals surface area contributed by atoms with Crippen LogP contribution < -0.4 is 11.1 Å². The largest absolute Gasteiger partial charge is 0.387 e. The highest BCUT2D eigenvalue weighted by Crippen LogP contribution is 2.16. The Morgan fingerprint density at radius 3 is 2.16 bits per heavy atom. The van der Waals surface area contributed by atoms with Crippen LogP contribution in [0.15, 0.2) is 57.4 Å². The summed E-state index contributed by atoms with van der Waals surface area (Å²) in [5.41, 5.74) is 11.0. The van der Waals surface area contributed by atoms with Gasteiger partial charge >= 0.3 is 0 Å². The summed E-state index contributed by atoms with van der Waals surface area (Å²) in [5.74, 6) is 1.43. The molecule has 5 nitrogen and oxygen atoms in total. The van der Waals surface area contributed by atoms with Gasteiger partial charge in [0, 0.05) is 5.69 Å². The lowest BCUT2D eigenvalue weighted by Gasteiger charge is -2.08. The molecule has 3 N–H and O–H groups in total. The molecule has 0 unspecified atom stereocenters. The number of nitrogens with two attached hydrogens (primary N) is 1. The normalized spacial score (nSPS) is 13.1. The molecule has 0 aromatic heterocycles. The quantitative estimate of drug-likeness (QED) is 0.626. The maximum atomic E-state index is 5.72. The number of nitrogens with one attached hydrogen (secondary N) is 1. The van der Waals surface area contributed by atoms with Gasteiger partial charge in [0.15, 0.2) is 0 Å². The number of benzene rings is 2. The zero-order valence-electron chi connectivity index (χ0n) is 15.5. The minimum atomic E-state index is 0.319. The van der Waals surface area contributed by atoms with Crippen LogP contribution in [0.2, 0.25) is 0 Å². The van der Waals surface area contributed by atoms with Crippen molar-refractivity contribution in [1.29, 1.82) is 0 Å². The van der Waals surface area contributed by atoms with Crippen molar-refractivity contribution in [3.05, 3.63) is 59.2 Å². The molecule has 0 aliphatic rings. The van der Waals surface area contributed by atoms with E-state index < -0.39 is 0 Å². The van der Waals surface area contributed by atoms with E-state index in [9.17, 15) is 0 Å². The second kappa shape index (κ2) is 8.24. The van der Waals surface area contributed by atoms with Gasteiger partial charge in [-0.15, -0.1) is 0 Å². The Bertz CT molecular complexity index is 823. The molecule has 2 rings (SSSR count).